The summed E-state index contributed by atoms with van der Waals surface area (Å²) in [6.07, 6.45) is 3.30. The number of nitrogens with zero attached hydrogens (tertiary/aromatic N) is 3. The van der Waals surface area contributed by atoms with Crippen molar-refractivity contribution in [3.05, 3.63) is 42.5 Å². The summed E-state index contributed by atoms with van der Waals surface area (Å²) >= 11 is 0. The molecule has 1 aromatic heterocycles. The summed E-state index contributed by atoms with van der Waals surface area (Å²) in [5.41, 5.74) is 8.10. The number of fused-ring (bicyclic) bond motifs is 1. The highest BCUT2D eigenvalue weighted by Gasteiger charge is 2.47. The highest BCUT2D eigenvalue weighted by Crippen LogP contribution is 2.37. The van der Waals surface area contributed by atoms with E-state index in [1.165, 1.54) is 4.31 Å². The van der Waals surface area contributed by atoms with E-state index in [2.05, 4.69) is 10.2 Å². The third kappa shape index (κ3) is 3.66. The van der Waals surface area contributed by atoms with Gasteiger partial charge in [0.2, 0.25) is 15.9 Å². The second-order valence-corrected chi connectivity index (χ2v) is 11.5. The molecule has 0 radical (unpaired) electrons. The van der Waals surface area contributed by atoms with Crippen LogP contribution in [-0.2, 0) is 19.6 Å². The van der Waals surface area contributed by atoms with Crippen LogP contribution in [0.2, 0.25) is 0 Å². The molecule has 0 atom stereocenters. The molecule has 178 valence electrons. The lowest BCUT2D eigenvalue weighted by Gasteiger charge is -2.46. The van der Waals surface area contributed by atoms with Gasteiger partial charge >= 0.3 is 0 Å². The number of nitrogens with two attached hydrogens (primary N) is 1. The van der Waals surface area contributed by atoms with Crippen molar-refractivity contribution in [2.45, 2.75) is 42.2 Å². The number of amides is 1. The third-order valence-corrected chi connectivity index (χ3v) is 9.23. The van der Waals surface area contributed by atoms with E-state index in [9.17, 15) is 13.2 Å². The lowest BCUT2D eigenvalue weighted by Crippen LogP contribution is -2.59. The van der Waals surface area contributed by atoms with Gasteiger partial charge in [0.15, 0.2) is 5.82 Å². The lowest BCUT2D eigenvalue weighted by atomic mass is 9.90. The van der Waals surface area contributed by atoms with Gasteiger partial charge in [0.25, 0.3) is 0 Å². The summed E-state index contributed by atoms with van der Waals surface area (Å²) in [5.74, 6) is 0.509. The van der Waals surface area contributed by atoms with Crippen molar-refractivity contribution in [2.24, 2.45) is 0 Å². The van der Waals surface area contributed by atoms with E-state index in [1.807, 2.05) is 35.2 Å². The normalized spacial score (nSPS) is 21.4. The molecule has 3 fully saturated rings. The van der Waals surface area contributed by atoms with Gasteiger partial charge in [-0.05, 0) is 61.1 Å². The van der Waals surface area contributed by atoms with Crippen LogP contribution in [0.3, 0.4) is 0 Å². The number of piperidine rings is 1. The Balaban J connectivity index is 1.16. The van der Waals surface area contributed by atoms with E-state index < -0.39 is 15.6 Å². The minimum atomic E-state index is -3.61. The molecule has 1 saturated carbocycles. The second-order valence-electron chi connectivity index (χ2n) is 9.52. The highest BCUT2D eigenvalue weighted by molar-refractivity contribution is 7.89. The Labute approximate surface area is 197 Å². The molecule has 10 heteroatoms. The molecule has 1 spiro atoms. The molecule has 0 bridgehead atoms. The molecule has 6 rings (SSSR count). The fourth-order valence-corrected chi connectivity index (χ4v) is 6.53. The predicted octanol–water partition coefficient (Wildman–Crippen LogP) is 2.36. The first-order chi connectivity index (χ1) is 16.3. The molecule has 34 heavy (non-hydrogen) atoms. The van der Waals surface area contributed by atoms with Crippen LogP contribution in [0.15, 0.2) is 47.4 Å². The second kappa shape index (κ2) is 7.79. The highest BCUT2D eigenvalue weighted by atomic mass is 32.2. The molecular formula is C24H27N5O4S. The summed E-state index contributed by atoms with van der Waals surface area (Å²) in [7, 11) is -3.61. The van der Waals surface area contributed by atoms with Crippen LogP contribution >= 0.6 is 0 Å². The molecule has 2 aliphatic heterocycles. The molecular weight excluding hydrogens is 454 g/mol. The first-order valence-electron chi connectivity index (χ1n) is 11.6. The molecule has 1 amide bonds. The molecule has 2 aromatic carbocycles. The minimum absolute atomic E-state index is 0.0541. The van der Waals surface area contributed by atoms with Crippen molar-refractivity contribution >= 4 is 32.7 Å². The molecule has 1 aliphatic carbocycles. The number of hydrogen-bond acceptors (Lipinski definition) is 6. The molecule has 2 saturated heterocycles. The number of sulfonamides is 1. The number of aromatic nitrogens is 2. The largest absolute Gasteiger partial charge is 0.382 e. The Morgan fingerprint density at radius 1 is 1.06 bits per heavy atom. The van der Waals surface area contributed by atoms with Crippen LogP contribution in [0.1, 0.15) is 25.7 Å². The van der Waals surface area contributed by atoms with Gasteiger partial charge in [-0.3, -0.25) is 9.89 Å². The number of benzene rings is 2. The topological polar surface area (TPSA) is 122 Å². The Kier molecular flexibility index (Phi) is 4.94. The standard InChI is InChI=1S/C24H27N5O4S/c25-23-20-8-3-17(13-21(20)26-27-23)16-1-6-19(7-2-16)34(31,32)28-11-9-24(10-12-28)15-29(18-4-5-18)22(30)14-33-24/h1-3,6-8,13,18H,4-5,9-12,14-15H2,(H3,25,26,27). The number of hydrogen-bond donors (Lipinski definition) is 2. The predicted molar refractivity (Wildman–Crippen MR) is 127 cm³/mol. The monoisotopic (exact) mass is 481 g/mol. The van der Waals surface area contributed by atoms with E-state index in [1.54, 1.807) is 12.1 Å². The van der Waals surface area contributed by atoms with Crippen molar-refractivity contribution in [2.75, 3.05) is 32.0 Å². The van der Waals surface area contributed by atoms with E-state index in [4.69, 9.17) is 10.5 Å². The number of rotatable bonds is 4. The lowest BCUT2D eigenvalue weighted by molar-refractivity contribution is -0.170. The maximum atomic E-state index is 13.3. The number of ether oxygens (including phenoxy) is 1. The van der Waals surface area contributed by atoms with E-state index in [-0.39, 0.29) is 17.4 Å². The van der Waals surface area contributed by atoms with Crippen LogP contribution in [0, 0.1) is 0 Å². The summed E-state index contributed by atoms with van der Waals surface area (Å²) in [4.78, 5) is 14.4. The fraction of sp³-hybridized carbons (Fsp3) is 0.417. The van der Waals surface area contributed by atoms with Gasteiger partial charge in [-0.25, -0.2) is 8.42 Å². The number of morpholine rings is 1. The van der Waals surface area contributed by atoms with Gasteiger partial charge < -0.3 is 15.4 Å². The van der Waals surface area contributed by atoms with Crippen molar-refractivity contribution in [1.29, 1.82) is 0 Å². The first kappa shape index (κ1) is 21.6. The SMILES string of the molecule is Nc1n[nH]c2cc(-c3ccc(S(=O)(=O)N4CCC5(CC4)CN(C4CC4)C(=O)CO5)cc3)ccc12. The zero-order chi connectivity index (χ0) is 23.5. The Morgan fingerprint density at radius 2 is 1.76 bits per heavy atom. The van der Waals surface area contributed by atoms with Crippen LogP contribution < -0.4 is 5.73 Å². The van der Waals surface area contributed by atoms with Gasteiger partial charge in [0.05, 0.1) is 22.6 Å². The average molecular weight is 482 g/mol. The molecule has 3 aliphatic rings. The molecule has 9 nitrogen and oxygen atoms in total. The van der Waals surface area contributed by atoms with Crippen LogP contribution in [0.4, 0.5) is 5.82 Å². The molecule has 3 aromatic rings. The van der Waals surface area contributed by atoms with E-state index in [0.29, 0.717) is 44.3 Å². The van der Waals surface area contributed by atoms with Gasteiger partial charge in [0, 0.05) is 24.5 Å². The molecule has 3 N–H and O–H groups in total. The van der Waals surface area contributed by atoms with Gasteiger partial charge in [-0.1, -0.05) is 18.2 Å². The van der Waals surface area contributed by atoms with Crippen molar-refractivity contribution in [3.63, 3.8) is 0 Å². The molecule has 0 unspecified atom stereocenters. The van der Waals surface area contributed by atoms with Crippen molar-refractivity contribution < 1.29 is 17.9 Å². The quantitative estimate of drug-likeness (QED) is 0.590. The number of nitrogen functional groups attached to an aromatic ring is 1. The zero-order valence-corrected chi connectivity index (χ0v) is 19.6. The molecule has 3 heterocycles. The van der Waals surface area contributed by atoms with Crippen molar-refractivity contribution in [3.8, 4) is 11.1 Å². The van der Waals surface area contributed by atoms with E-state index in [0.717, 1.165) is 34.9 Å². The summed E-state index contributed by atoms with van der Waals surface area (Å²) in [6.45, 7) is 1.44. The minimum Gasteiger partial charge on any atom is -0.382 e. The maximum Gasteiger partial charge on any atom is 0.248 e. The first-order valence-corrected chi connectivity index (χ1v) is 13.1. The smallest absolute Gasteiger partial charge is 0.248 e. The van der Waals surface area contributed by atoms with Gasteiger partial charge in [0.1, 0.15) is 6.61 Å². The number of carbonyl (C=O) groups excluding carboxylic acids is 1. The summed E-state index contributed by atoms with van der Waals surface area (Å²) in [5, 5.41) is 7.78. The average Bonchev–Trinajstić information content (AvgIpc) is 3.64. The number of anilines is 1. The third-order valence-electron chi connectivity index (χ3n) is 7.32. The zero-order valence-electron chi connectivity index (χ0n) is 18.7. The maximum absolute atomic E-state index is 13.3. The van der Waals surface area contributed by atoms with Gasteiger partial charge in [-0.2, -0.15) is 9.40 Å². The van der Waals surface area contributed by atoms with Crippen LogP contribution in [0.25, 0.3) is 22.0 Å². The fourth-order valence-electron chi connectivity index (χ4n) is 5.09. The number of carbonyl (C=O) groups is 1. The summed E-state index contributed by atoms with van der Waals surface area (Å²) < 4.78 is 34.1. The Morgan fingerprint density at radius 3 is 2.47 bits per heavy atom. The number of aromatic amines is 1. The Hall–Kier alpha value is -2.95. The Bertz CT molecular complexity index is 1360. The van der Waals surface area contributed by atoms with Crippen molar-refractivity contribution in [1.82, 2.24) is 19.4 Å². The van der Waals surface area contributed by atoms with Gasteiger partial charge in [-0.15, -0.1) is 0 Å². The number of H-pyrrole nitrogens is 1. The van der Waals surface area contributed by atoms with Crippen LogP contribution in [-0.4, -0.2) is 71.6 Å². The summed E-state index contributed by atoms with van der Waals surface area (Å²) in [6, 6.07) is 13.1. The van der Waals surface area contributed by atoms with Crippen LogP contribution in [0.5, 0.6) is 0 Å². The van der Waals surface area contributed by atoms with E-state index >= 15 is 0 Å². The number of nitrogens with one attached hydrogen (secondary N) is 1.